The van der Waals surface area contributed by atoms with Gasteiger partial charge in [0, 0.05) is 10.4 Å². The normalized spacial score (nSPS) is 16.9. The van der Waals surface area contributed by atoms with Gasteiger partial charge in [-0.25, -0.2) is 4.79 Å². The maximum absolute atomic E-state index is 12.6. The van der Waals surface area contributed by atoms with Gasteiger partial charge in [-0.05, 0) is 44.6 Å². The molecule has 3 rings (SSSR count). The van der Waals surface area contributed by atoms with Crippen LogP contribution in [0.3, 0.4) is 0 Å². The Morgan fingerprint density at radius 1 is 1.32 bits per heavy atom. The first-order valence-electron chi connectivity index (χ1n) is 9.99. The SMILES string of the molecule is CCOC(=O)c1c(NC(=O)C[NH2+]C(C)c2ccccc2)sc2c1CCC(C)C2. The van der Waals surface area contributed by atoms with Gasteiger partial charge in [-0.3, -0.25) is 4.79 Å². The number of quaternary nitrogens is 1. The molecule has 2 aromatic rings. The quantitative estimate of drug-likeness (QED) is 0.699. The van der Waals surface area contributed by atoms with Gasteiger partial charge >= 0.3 is 5.97 Å². The summed E-state index contributed by atoms with van der Waals surface area (Å²) in [5.74, 6) is 0.177. The van der Waals surface area contributed by atoms with E-state index in [1.165, 1.54) is 21.8 Å². The van der Waals surface area contributed by atoms with Gasteiger partial charge in [-0.2, -0.15) is 0 Å². The Bertz CT molecular complexity index is 832. The zero-order valence-electron chi connectivity index (χ0n) is 16.8. The highest BCUT2D eigenvalue weighted by atomic mass is 32.1. The standard InChI is InChI=1S/C22H28N2O3S/c1-4-27-22(26)20-17-11-10-14(2)12-18(17)28-21(20)24-19(25)13-23-15(3)16-8-6-5-7-9-16/h5-9,14-15,23H,4,10-13H2,1-3H3,(H,24,25)/p+1. The number of hydrogen-bond acceptors (Lipinski definition) is 4. The van der Waals surface area contributed by atoms with Crippen LogP contribution in [0.25, 0.3) is 0 Å². The number of carbonyl (C=O) groups excluding carboxylic acids is 2. The molecule has 5 nitrogen and oxygen atoms in total. The molecule has 2 atom stereocenters. The Kier molecular flexibility index (Phi) is 6.86. The molecule has 6 heteroatoms. The number of ether oxygens (including phenoxy) is 1. The predicted molar refractivity (Wildman–Crippen MR) is 112 cm³/mol. The van der Waals surface area contributed by atoms with E-state index in [4.69, 9.17) is 4.74 Å². The summed E-state index contributed by atoms with van der Waals surface area (Å²) in [6.07, 6.45) is 2.89. The second kappa shape index (κ2) is 9.34. The highest BCUT2D eigenvalue weighted by Crippen LogP contribution is 2.40. The van der Waals surface area contributed by atoms with Crippen LogP contribution < -0.4 is 10.6 Å². The second-order valence-corrected chi connectivity index (χ2v) is 8.57. The lowest BCUT2D eigenvalue weighted by Crippen LogP contribution is -2.86. The Hall–Kier alpha value is -2.18. The van der Waals surface area contributed by atoms with Crippen molar-refractivity contribution in [3.05, 3.63) is 51.9 Å². The van der Waals surface area contributed by atoms with E-state index in [0.29, 0.717) is 29.6 Å². The van der Waals surface area contributed by atoms with E-state index in [9.17, 15) is 9.59 Å². The van der Waals surface area contributed by atoms with Crippen molar-refractivity contribution in [1.29, 1.82) is 0 Å². The first-order valence-corrected chi connectivity index (χ1v) is 10.8. The van der Waals surface area contributed by atoms with Gasteiger partial charge in [0.05, 0.1) is 12.2 Å². The number of amides is 1. The molecule has 1 amide bonds. The van der Waals surface area contributed by atoms with Crippen LogP contribution in [0.1, 0.15) is 59.6 Å². The molecule has 3 N–H and O–H groups in total. The number of nitrogens with one attached hydrogen (secondary N) is 1. The van der Waals surface area contributed by atoms with Crippen LogP contribution in [-0.2, 0) is 22.4 Å². The van der Waals surface area contributed by atoms with Crippen molar-refractivity contribution in [2.75, 3.05) is 18.5 Å². The molecule has 28 heavy (non-hydrogen) atoms. The van der Waals surface area contributed by atoms with E-state index in [2.05, 4.69) is 31.3 Å². The molecule has 1 aromatic carbocycles. The van der Waals surface area contributed by atoms with E-state index in [1.807, 2.05) is 23.5 Å². The van der Waals surface area contributed by atoms with Crippen LogP contribution in [0.5, 0.6) is 0 Å². The van der Waals surface area contributed by atoms with Gasteiger partial charge in [0.15, 0.2) is 6.54 Å². The zero-order valence-corrected chi connectivity index (χ0v) is 17.6. The minimum absolute atomic E-state index is 0.0972. The summed E-state index contributed by atoms with van der Waals surface area (Å²) < 4.78 is 5.27. The van der Waals surface area contributed by atoms with Crippen molar-refractivity contribution in [3.63, 3.8) is 0 Å². The van der Waals surface area contributed by atoms with Gasteiger partial charge in [-0.15, -0.1) is 11.3 Å². The molecule has 2 unspecified atom stereocenters. The number of benzene rings is 1. The molecule has 1 heterocycles. The fraction of sp³-hybridized carbons (Fsp3) is 0.455. The number of anilines is 1. The van der Waals surface area contributed by atoms with E-state index < -0.39 is 0 Å². The summed E-state index contributed by atoms with van der Waals surface area (Å²) in [6, 6.07) is 10.3. The summed E-state index contributed by atoms with van der Waals surface area (Å²) in [6.45, 7) is 6.74. The highest BCUT2D eigenvalue weighted by molar-refractivity contribution is 7.17. The molecule has 0 saturated carbocycles. The molecule has 1 aliphatic carbocycles. The second-order valence-electron chi connectivity index (χ2n) is 7.46. The third-order valence-corrected chi connectivity index (χ3v) is 6.40. The predicted octanol–water partition coefficient (Wildman–Crippen LogP) is 3.31. The number of nitrogens with two attached hydrogens (primary N) is 1. The summed E-state index contributed by atoms with van der Waals surface area (Å²) >= 11 is 1.53. The number of fused-ring (bicyclic) bond motifs is 1. The maximum Gasteiger partial charge on any atom is 0.341 e. The topological polar surface area (TPSA) is 72.0 Å². The van der Waals surface area contributed by atoms with E-state index in [0.717, 1.165) is 24.8 Å². The van der Waals surface area contributed by atoms with Gasteiger partial charge in [0.25, 0.3) is 5.91 Å². The molecule has 1 aliphatic rings. The average molecular weight is 402 g/mol. The van der Waals surface area contributed by atoms with E-state index in [1.54, 1.807) is 6.92 Å². The number of thiophene rings is 1. The molecule has 150 valence electrons. The van der Waals surface area contributed by atoms with Crippen LogP contribution in [0.15, 0.2) is 30.3 Å². The molecule has 1 aromatic heterocycles. The lowest BCUT2D eigenvalue weighted by molar-refractivity contribution is -0.682. The lowest BCUT2D eigenvalue weighted by Gasteiger charge is -2.18. The molecular formula is C22H29N2O3S+. The molecular weight excluding hydrogens is 372 g/mol. The molecule has 0 bridgehead atoms. The molecule has 0 fully saturated rings. The number of hydrogen-bond donors (Lipinski definition) is 2. The molecule has 0 radical (unpaired) electrons. The Balaban J connectivity index is 1.70. The van der Waals surface area contributed by atoms with Crippen molar-refractivity contribution in [2.45, 2.75) is 46.1 Å². The summed E-state index contributed by atoms with van der Waals surface area (Å²) in [7, 11) is 0. The fourth-order valence-electron chi connectivity index (χ4n) is 3.61. The Morgan fingerprint density at radius 2 is 2.07 bits per heavy atom. The smallest absolute Gasteiger partial charge is 0.341 e. The fourth-order valence-corrected chi connectivity index (χ4v) is 5.03. The van der Waals surface area contributed by atoms with Gasteiger partial charge < -0.3 is 15.4 Å². The molecule has 0 aliphatic heterocycles. The lowest BCUT2D eigenvalue weighted by atomic mass is 9.88. The summed E-state index contributed by atoms with van der Waals surface area (Å²) in [5, 5.41) is 5.62. The minimum atomic E-state index is -0.327. The van der Waals surface area contributed by atoms with E-state index in [-0.39, 0.29) is 17.9 Å². The van der Waals surface area contributed by atoms with Crippen molar-refractivity contribution < 1.29 is 19.6 Å². The Labute approximate surface area is 170 Å². The highest BCUT2D eigenvalue weighted by Gasteiger charge is 2.29. The van der Waals surface area contributed by atoms with E-state index >= 15 is 0 Å². The monoisotopic (exact) mass is 401 g/mol. The van der Waals surface area contributed by atoms with Gasteiger partial charge in [-0.1, -0.05) is 37.3 Å². The first-order chi connectivity index (χ1) is 13.5. The maximum atomic E-state index is 12.6. The van der Waals surface area contributed by atoms with Crippen LogP contribution in [-0.4, -0.2) is 25.0 Å². The minimum Gasteiger partial charge on any atom is -0.462 e. The van der Waals surface area contributed by atoms with Crippen LogP contribution in [0, 0.1) is 5.92 Å². The van der Waals surface area contributed by atoms with Crippen LogP contribution in [0.2, 0.25) is 0 Å². The third kappa shape index (κ3) is 4.80. The van der Waals surface area contributed by atoms with Crippen molar-refractivity contribution >= 4 is 28.2 Å². The van der Waals surface area contributed by atoms with Crippen molar-refractivity contribution in [3.8, 4) is 0 Å². The molecule has 0 saturated heterocycles. The molecule has 0 spiro atoms. The summed E-state index contributed by atoms with van der Waals surface area (Å²) in [5.41, 5.74) is 2.82. The van der Waals surface area contributed by atoms with Gasteiger partial charge in [0.1, 0.15) is 11.0 Å². The van der Waals surface area contributed by atoms with Crippen molar-refractivity contribution in [2.24, 2.45) is 5.92 Å². The first kappa shape index (κ1) is 20.6. The summed E-state index contributed by atoms with van der Waals surface area (Å²) in [4.78, 5) is 26.3. The average Bonchev–Trinajstić information content (AvgIpc) is 3.03. The number of carbonyl (C=O) groups is 2. The third-order valence-electron chi connectivity index (χ3n) is 5.23. The van der Waals surface area contributed by atoms with Crippen molar-refractivity contribution in [1.82, 2.24) is 0 Å². The largest absolute Gasteiger partial charge is 0.462 e. The van der Waals surface area contributed by atoms with Crippen LogP contribution in [0.4, 0.5) is 5.00 Å². The zero-order chi connectivity index (χ0) is 20.1. The number of rotatable bonds is 7. The van der Waals surface area contributed by atoms with Gasteiger partial charge in [0.2, 0.25) is 0 Å². The van der Waals surface area contributed by atoms with Crippen LogP contribution >= 0.6 is 11.3 Å². The number of esters is 1. The Morgan fingerprint density at radius 3 is 2.79 bits per heavy atom.